The molecular weight excluding hydrogens is 242 g/mol. The van der Waals surface area contributed by atoms with Gasteiger partial charge in [0, 0.05) is 16.3 Å². The average molecular weight is 255 g/mol. The fraction of sp³-hybridized carbons (Fsp3) is 0.143. The Balaban J connectivity index is 2.31. The van der Waals surface area contributed by atoms with Crippen molar-refractivity contribution >= 4 is 17.4 Å². The van der Waals surface area contributed by atoms with E-state index in [4.69, 9.17) is 11.0 Å². The highest BCUT2D eigenvalue weighted by atomic mass is 32.2. The van der Waals surface area contributed by atoms with Crippen molar-refractivity contribution < 1.29 is 0 Å². The summed E-state index contributed by atoms with van der Waals surface area (Å²) in [6.45, 7) is 4.02. The second-order valence-electron chi connectivity index (χ2n) is 4.09. The van der Waals surface area contributed by atoms with Crippen LogP contribution < -0.4 is 5.73 Å². The van der Waals surface area contributed by atoms with Crippen LogP contribution in [-0.4, -0.2) is 4.98 Å². The molecule has 3 nitrogen and oxygen atoms in total. The maximum atomic E-state index is 8.94. The molecule has 18 heavy (non-hydrogen) atoms. The van der Waals surface area contributed by atoms with Crippen molar-refractivity contribution in [3.8, 4) is 6.07 Å². The fourth-order valence-electron chi connectivity index (χ4n) is 1.67. The Hall–Kier alpha value is -1.99. The monoisotopic (exact) mass is 255 g/mol. The van der Waals surface area contributed by atoms with Gasteiger partial charge in [0.05, 0.1) is 5.56 Å². The number of hydrogen-bond acceptors (Lipinski definition) is 4. The standard InChI is InChI=1S/C14H13N3S/c1-9-5-10(2)17-14(6-9)18-12-3-4-13(16)11(7-12)8-15/h3-7H,16H2,1-2H3. The number of nitriles is 1. The van der Waals surface area contributed by atoms with Gasteiger partial charge in [0.2, 0.25) is 0 Å². The summed E-state index contributed by atoms with van der Waals surface area (Å²) in [6.07, 6.45) is 0. The largest absolute Gasteiger partial charge is 0.398 e. The van der Waals surface area contributed by atoms with E-state index in [0.717, 1.165) is 15.6 Å². The first-order valence-electron chi connectivity index (χ1n) is 5.51. The fourth-order valence-corrected chi connectivity index (χ4v) is 2.66. The van der Waals surface area contributed by atoms with Crippen LogP contribution in [0.2, 0.25) is 0 Å². The van der Waals surface area contributed by atoms with Crippen LogP contribution in [0.5, 0.6) is 0 Å². The van der Waals surface area contributed by atoms with Gasteiger partial charge in [-0.2, -0.15) is 5.26 Å². The zero-order chi connectivity index (χ0) is 13.1. The molecule has 0 saturated carbocycles. The van der Waals surface area contributed by atoms with E-state index in [1.54, 1.807) is 12.1 Å². The number of benzene rings is 1. The Morgan fingerprint density at radius 1 is 1.22 bits per heavy atom. The zero-order valence-corrected chi connectivity index (χ0v) is 11.1. The van der Waals surface area contributed by atoms with Crippen molar-refractivity contribution in [1.29, 1.82) is 5.26 Å². The normalized spacial score (nSPS) is 10.1. The van der Waals surface area contributed by atoms with Crippen LogP contribution in [0.15, 0.2) is 40.3 Å². The molecule has 0 unspecified atom stereocenters. The third kappa shape index (κ3) is 2.82. The van der Waals surface area contributed by atoms with Crippen LogP contribution in [0.3, 0.4) is 0 Å². The van der Waals surface area contributed by atoms with Gasteiger partial charge in [0.25, 0.3) is 0 Å². The second-order valence-corrected chi connectivity index (χ2v) is 5.18. The van der Waals surface area contributed by atoms with E-state index in [1.807, 2.05) is 32.0 Å². The predicted molar refractivity (Wildman–Crippen MR) is 73.4 cm³/mol. The molecule has 90 valence electrons. The SMILES string of the molecule is Cc1cc(C)nc(Sc2ccc(N)c(C#N)c2)c1. The van der Waals surface area contributed by atoms with E-state index >= 15 is 0 Å². The molecule has 2 N–H and O–H groups in total. The predicted octanol–water partition coefficient (Wildman–Crippen LogP) is 3.30. The lowest BCUT2D eigenvalue weighted by molar-refractivity contribution is 1.05. The molecule has 0 bridgehead atoms. The van der Waals surface area contributed by atoms with Gasteiger partial charge in [0.15, 0.2) is 0 Å². The van der Waals surface area contributed by atoms with E-state index in [-0.39, 0.29) is 0 Å². The highest BCUT2D eigenvalue weighted by molar-refractivity contribution is 7.99. The minimum Gasteiger partial charge on any atom is -0.398 e. The van der Waals surface area contributed by atoms with Crippen molar-refractivity contribution in [2.75, 3.05) is 5.73 Å². The van der Waals surface area contributed by atoms with Crippen LogP contribution in [0, 0.1) is 25.2 Å². The number of rotatable bonds is 2. The Labute approximate surface area is 111 Å². The maximum absolute atomic E-state index is 8.94. The lowest BCUT2D eigenvalue weighted by atomic mass is 10.2. The topological polar surface area (TPSA) is 62.7 Å². The number of anilines is 1. The van der Waals surface area contributed by atoms with Gasteiger partial charge in [-0.1, -0.05) is 11.8 Å². The van der Waals surface area contributed by atoms with E-state index in [1.165, 1.54) is 17.3 Å². The summed E-state index contributed by atoms with van der Waals surface area (Å²) in [5, 5.41) is 9.87. The quantitative estimate of drug-likeness (QED) is 0.836. The lowest BCUT2D eigenvalue weighted by Crippen LogP contribution is -1.91. The molecule has 1 aromatic heterocycles. The molecule has 0 radical (unpaired) electrons. The number of nitrogen functional groups attached to an aromatic ring is 1. The second kappa shape index (κ2) is 5.11. The molecule has 4 heteroatoms. The van der Waals surface area contributed by atoms with Crippen LogP contribution >= 0.6 is 11.8 Å². The zero-order valence-electron chi connectivity index (χ0n) is 10.3. The summed E-state index contributed by atoms with van der Waals surface area (Å²) in [5.74, 6) is 0. The number of aromatic nitrogens is 1. The minimum atomic E-state index is 0.504. The molecule has 2 aromatic rings. The van der Waals surface area contributed by atoms with E-state index in [9.17, 15) is 0 Å². The molecule has 1 aromatic carbocycles. The molecule has 0 aliphatic rings. The summed E-state index contributed by atoms with van der Waals surface area (Å²) in [5.41, 5.74) is 8.88. The van der Waals surface area contributed by atoms with Crippen LogP contribution in [0.25, 0.3) is 0 Å². The number of nitrogens with zero attached hydrogens (tertiary/aromatic N) is 2. The molecule has 0 atom stereocenters. The molecule has 0 aliphatic heterocycles. The highest BCUT2D eigenvalue weighted by Crippen LogP contribution is 2.29. The van der Waals surface area contributed by atoms with Crippen molar-refractivity contribution in [2.24, 2.45) is 0 Å². The van der Waals surface area contributed by atoms with Crippen LogP contribution in [-0.2, 0) is 0 Å². The van der Waals surface area contributed by atoms with Gasteiger partial charge in [-0.05, 0) is 49.7 Å². The van der Waals surface area contributed by atoms with E-state index < -0.39 is 0 Å². The summed E-state index contributed by atoms with van der Waals surface area (Å²) in [7, 11) is 0. The average Bonchev–Trinajstić information content (AvgIpc) is 2.30. The summed E-state index contributed by atoms with van der Waals surface area (Å²) in [6, 6.07) is 11.6. The van der Waals surface area contributed by atoms with Crippen molar-refractivity contribution in [2.45, 2.75) is 23.8 Å². The van der Waals surface area contributed by atoms with Crippen molar-refractivity contribution in [3.05, 3.63) is 47.2 Å². The lowest BCUT2D eigenvalue weighted by Gasteiger charge is -2.05. The van der Waals surface area contributed by atoms with Gasteiger partial charge in [0.1, 0.15) is 11.1 Å². The van der Waals surface area contributed by atoms with Gasteiger partial charge < -0.3 is 5.73 Å². The first kappa shape index (κ1) is 12.5. The first-order valence-corrected chi connectivity index (χ1v) is 6.33. The molecule has 2 rings (SSSR count). The Kier molecular flexibility index (Phi) is 3.54. The van der Waals surface area contributed by atoms with Crippen LogP contribution in [0.4, 0.5) is 5.69 Å². The van der Waals surface area contributed by atoms with Gasteiger partial charge in [-0.25, -0.2) is 4.98 Å². The molecule has 0 amide bonds. The smallest absolute Gasteiger partial charge is 0.101 e. The van der Waals surface area contributed by atoms with E-state index in [2.05, 4.69) is 11.1 Å². The molecule has 0 saturated heterocycles. The maximum Gasteiger partial charge on any atom is 0.101 e. The van der Waals surface area contributed by atoms with Crippen molar-refractivity contribution in [3.63, 3.8) is 0 Å². The number of hydrogen-bond donors (Lipinski definition) is 1. The summed E-state index contributed by atoms with van der Waals surface area (Å²) < 4.78 is 0. The third-order valence-corrected chi connectivity index (χ3v) is 3.35. The number of aryl methyl sites for hydroxylation is 2. The Morgan fingerprint density at radius 2 is 2.00 bits per heavy atom. The summed E-state index contributed by atoms with van der Waals surface area (Å²) in [4.78, 5) is 5.43. The molecule has 1 heterocycles. The third-order valence-electron chi connectivity index (χ3n) is 2.44. The van der Waals surface area contributed by atoms with Crippen LogP contribution in [0.1, 0.15) is 16.8 Å². The number of nitrogens with two attached hydrogens (primary N) is 1. The van der Waals surface area contributed by atoms with Gasteiger partial charge in [-0.3, -0.25) is 0 Å². The molecule has 0 aliphatic carbocycles. The van der Waals surface area contributed by atoms with Crippen molar-refractivity contribution in [1.82, 2.24) is 4.98 Å². The Bertz CT molecular complexity index is 609. The summed E-state index contributed by atoms with van der Waals surface area (Å²) >= 11 is 1.54. The minimum absolute atomic E-state index is 0.504. The Morgan fingerprint density at radius 3 is 2.67 bits per heavy atom. The number of pyridine rings is 1. The molecule has 0 spiro atoms. The first-order chi connectivity index (χ1) is 8.58. The highest BCUT2D eigenvalue weighted by Gasteiger charge is 2.04. The molecular formula is C14H13N3S. The van der Waals surface area contributed by atoms with Gasteiger partial charge in [-0.15, -0.1) is 0 Å². The van der Waals surface area contributed by atoms with Gasteiger partial charge >= 0.3 is 0 Å². The molecule has 0 fully saturated rings. The van der Waals surface area contributed by atoms with E-state index in [0.29, 0.717) is 11.3 Å².